The van der Waals surface area contributed by atoms with Crippen molar-refractivity contribution in [1.82, 2.24) is 0 Å². The van der Waals surface area contributed by atoms with Gasteiger partial charge in [0.1, 0.15) is 0 Å². The first-order valence-electron chi connectivity index (χ1n) is 13.1. The van der Waals surface area contributed by atoms with Crippen molar-refractivity contribution in [2.75, 3.05) is 4.90 Å². The minimum atomic E-state index is -0.0765. The Morgan fingerprint density at radius 1 is 0.395 bits per heavy atom. The summed E-state index contributed by atoms with van der Waals surface area (Å²) in [5, 5.41) is 0. The average Bonchev–Trinajstić information content (AvgIpc) is 2.96. The number of benzene rings is 5. The number of hydrogen-bond acceptors (Lipinski definition) is 1. The monoisotopic (exact) mass is 559 g/mol. The van der Waals surface area contributed by atoms with Gasteiger partial charge in [-0.25, -0.2) is 0 Å². The molecule has 2 heteroatoms. The van der Waals surface area contributed by atoms with Crippen LogP contribution in [0, 0.1) is 0 Å². The molecule has 0 spiro atoms. The molecule has 0 heterocycles. The summed E-state index contributed by atoms with van der Waals surface area (Å²) < 4.78 is 1.07. The summed E-state index contributed by atoms with van der Waals surface area (Å²) >= 11 is 3.60. The van der Waals surface area contributed by atoms with Gasteiger partial charge in [0.2, 0.25) is 0 Å². The van der Waals surface area contributed by atoms with E-state index in [1.165, 1.54) is 22.3 Å². The molecule has 0 radical (unpaired) electrons. The van der Waals surface area contributed by atoms with E-state index in [0.29, 0.717) is 0 Å². The first-order chi connectivity index (χ1) is 18.3. The molecule has 0 bridgehead atoms. The lowest BCUT2D eigenvalue weighted by Gasteiger charge is -2.30. The number of hydrogen-bond donors (Lipinski definition) is 0. The Morgan fingerprint density at radius 2 is 0.684 bits per heavy atom. The molecule has 0 aliphatic rings. The van der Waals surface area contributed by atoms with Gasteiger partial charge in [-0.15, -0.1) is 0 Å². The molecule has 0 aromatic heterocycles. The highest BCUT2D eigenvalue weighted by Crippen LogP contribution is 2.39. The summed E-state index contributed by atoms with van der Waals surface area (Å²) in [7, 11) is 0. The van der Waals surface area contributed by atoms with Crippen molar-refractivity contribution in [3.63, 3.8) is 0 Å². The van der Waals surface area contributed by atoms with Gasteiger partial charge in [-0.3, -0.25) is 0 Å². The van der Waals surface area contributed by atoms with Crippen LogP contribution in [0.1, 0.15) is 49.9 Å². The van der Waals surface area contributed by atoms with Crippen LogP contribution in [0.15, 0.2) is 138 Å². The molecule has 5 rings (SSSR count). The third kappa shape index (κ3) is 5.19. The summed E-state index contributed by atoms with van der Waals surface area (Å²) in [4.78, 5) is 2.32. The molecule has 1 nitrogen and oxygen atoms in total. The zero-order valence-corrected chi connectivity index (χ0v) is 24.1. The molecule has 38 heavy (non-hydrogen) atoms. The zero-order chi connectivity index (χ0) is 26.8. The fourth-order valence-corrected chi connectivity index (χ4v) is 5.40. The minimum Gasteiger partial charge on any atom is -0.311 e. The Bertz CT molecular complexity index is 1370. The predicted octanol–water partition coefficient (Wildman–Crippen LogP) is 10.6. The summed E-state index contributed by atoms with van der Waals surface area (Å²) in [6, 6.07) is 48.0. The van der Waals surface area contributed by atoms with E-state index in [1.807, 2.05) is 0 Å². The molecule has 0 aliphatic heterocycles. The highest BCUT2D eigenvalue weighted by atomic mass is 79.9. The molecule has 0 saturated carbocycles. The van der Waals surface area contributed by atoms with Crippen molar-refractivity contribution in [2.24, 2.45) is 0 Å². The number of nitrogens with zero attached hydrogens (tertiary/aromatic N) is 1. The van der Waals surface area contributed by atoms with Gasteiger partial charge < -0.3 is 4.90 Å². The Labute approximate surface area is 235 Å². The van der Waals surface area contributed by atoms with Crippen LogP contribution in [0.5, 0.6) is 0 Å². The number of halogens is 1. The SMILES string of the molecule is CC(C)(c1ccccc1)c1ccc(N(c2ccc(Br)cc2)c2ccc(C(C)(C)c3ccccc3)cc2)cc1. The van der Waals surface area contributed by atoms with Crippen molar-refractivity contribution < 1.29 is 0 Å². The Hall–Kier alpha value is -3.62. The molecule has 0 saturated heterocycles. The molecule has 190 valence electrons. The summed E-state index contributed by atoms with van der Waals surface area (Å²) in [6.45, 7) is 9.15. The maximum atomic E-state index is 3.60. The van der Waals surface area contributed by atoms with Crippen LogP contribution in [0.4, 0.5) is 17.1 Å². The minimum absolute atomic E-state index is 0.0765. The average molecular weight is 561 g/mol. The van der Waals surface area contributed by atoms with Crippen LogP contribution in [0.25, 0.3) is 0 Å². The normalized spacial score (nSPS) is 11.8. The lowest BCUT2D eigenvalue weighted by Crippen LogP contribution is -2.19. The van der Waals surface area contributed by atoms with Gasteiger partial charge in [-0.2, -0.15) is 0 Å². The zero-order valence-electron chi connectivity index (χ0n) is 22.5. The standard InChI is InChI=1S/C36H34BrN/c1-35(2,27-11-7-5-8-12-27)29-15-21-32(22-16-29)38(34-25-19-31(37)20-26-34)33-23-17-30(18-24-33)36(3,4)28-13-9-6-10-14-28/h5-26H,1-4H3. The Kier molecular flexibility index (Phi) is 7.27. The highest BCUT2D eigenvalue weighted by Gasteiger charge is 2.25. The molecule has 5 aromatic rings. The van der Waals surface area contributed by atoms with E-state index in [4.69, 9.17) is 0 Å². The van der Waals surface area contributed by atoms with Crippen LogP contribution in [-0.2, 0) is 10.8 Å². The van der Waals surface area contributed by atoms with Gasteiger partial charge in [0.25, 0.3) is 0 Å². The van der Waals surface area contributed by atoms with E-state index in [1.54, 1.807) is 0 Å². The van der Waals surface area contributed by atoms with Crippen LogP contribution in [-0.4, -0.2) is 0 Å². The highest BCUT2D eigenvalue weighted by molar-refractivity contribution is 9.10. The van der Waals surface area contributed by atoms with E-state index in [0.717, 1.165) is 21.5 Å². The van der Waals surface area contributed by atoms with Crippen LogP contribution < -0.4 is 4.90 Å². The van der Waals surface area contributed by atoms with Crippen molar-refractivity contribution >= 4 is 33.0 Å². The fraction of sp³-hybridized carbons (Fsp3) is 0.167. The second-order valence-electron chi connectivity index (χ2n) is 10.9. The van der Waals surface area contributed by atoms with Crippen molar-refractivity contribution in [3.05, 3.63) is 160 Å². The molecule has 0 unspecified atom stereocenters. The topological polar surface area (TPSA) is 3.24 Å². The molecule has 0 fully saturated rings. The first-order valence-corrected chi connectivity index (χ1v) is 13.9. The predicted molar refractivity (Wildman–Crippen MR) is 166 cm³/mol. The smallest absolute Gasteiger partial charge is 0.0462 e. The van der Waals surface area contributed by atoms with Gasteiger partial charge in [-0.05, 0) is 70.8 Å². The third-order valence-corrected chi connectivity index (χ3v) is 8.30. The number of anilines is 3. The van der Waals surface area contributed by atoms with Gasteiger partial charge in [0.05, 0.1) is 0 Å². The molecule has 5 aromatic carbocycles. The quantitative estimate of drug-likeness (QED) is 0.191. The summed E-state index contributed by atoms with van der Waals surface area (Å²) in [5.41, 5.74) is 8.46. The second-order valence-corrected chi connectivity index (χ2v) is 11.8. The molecular formula is C36H34BrN. The van der Waals surface area contributed by atoms with Crippen LogP contribution in [0.2, 0.25) is 0 Å². The largest absolute Gasteiger partial charge is 0.311 e. The van der Waals surface area contributed by atoms with Crippen molar-refractivity contribution in [1.29, 1.82) is 0 Å². The van der Waals surface area contributed by atoms with E-state index >= 15 is 0 Å². The maximum Gasteiger partial charge on any atom is 0.0462 e. The Morgan fingerprint density at radius 3 is 1.03 bits per heavy atom. The Balaban J connectivity index is 1.52. The molecular weight excluding hydrogens is 526 g/mol. The molecule has 0 aliphatic carbocycles. The molecule has 0 atom stereocenters. The van der Waals surface area contributed by atoms with Gasteiger partial charge >= 0.3 is 0 Å². The summed E-state index contributed by atoms with van der Waals surface area (Å²) in [5.74, 6) is 0. The first kappa shape index (κ1) is 26.0. The molecule has 0 N–H and O–H groups in total. The van der Waals surface area contributed by atoms with E-state index in [9.17, 15) is 0 Å². The molecule has 0 amide bonds. The van der Waals surface area contributed by atoms with Crippen molar-refractivity contribution in [2.45, 2.75) is 38.5 Å². The van der Waals surface area contributed by atoms with Crippen molar-refractivity contribution in [3.8, 4) is 0 Å². The maximum absolute atomic E-state index is 3.60. The lowest BCUT2D eigenvalue weighted by atomic mass is 9.78. The van der Waals surface area contributed by atoms with Gasteiger partial charge in [0.15, 0.2) is 0 Å². The number of rotatable bonds is 7. The summed E-state index contributed by atoms with van der Waals surface area (Å²) in [6.07, 6.45) is 0. The van der Waals surface area contributed by atoms with E-state index in [-0.39, 0.29) is 10.8 Å². The third-order valence-electron chi connectivity index (χ3n) is 7.77. The fourth-order valence-electron chi connectivity index (χ4n) is 5.13. The second kappa shape index (κ2) is 10.6. The van der Waals surface area contributed by atoms with E-state index < -0.39 is 0 Å². The van der Waals surface area contributed by atoms with Crippen LogP contribution in [0.3, 0.4) is 0 Å². The van der Waals surface area contributed by atoms with Gasteiger partial charge in [0, 0.05) is 32.4 Å². The lowest BCUT2D eigenvalue weighted by molar-refractivity contribution is 0.641. The van der Waals surface area contributed by atoms with Crippen LogP contribution >= 0.6 is 15.9 Å². The van der Waals surface area contributed by atoms with E-state index in [2.05, 4.69) is 182 Å². The van der Waals surface area contributed by atoms with Gasteiger partial charge in [-0.1, -0.05) is 129 Å².